The van der Waals surface area contributed by atoms with Gasteiger partial charge in [-0.15, -0.1) is 0 Å². The number of benzene rings is 1. The van der Waals surface area contributed by atoms with Crippen molar-refractivity contribution in [2.75, 3.05) is 5.32 Å². The Balaban J connectivity index is 2.10. The van der Waals surface area contributed by atoms with Crippen molar-refractivity contribution in [2.45, 2.75) is 20.3 Å². The van der Waals surface area contributed by atoms with Crippen LogP contribution in [0.3, 0.4) is 0 Å². The maximum Gasteiger partial charge on any atom is 0.229 e. The molecular formula is C13H12BrClN2O2. The zero-order valence-electron chi connectivity index (χ0n) is 10.5. The van der Waals surface area contributed by atoms with Crippen molar-refractivity contribution >= 4 is 39.1 Å². The van der Waals surface area contributed by atoms with E-state index in [-0.39, 0.29) is 12.3 Å². The fourth-order valence-electron chi connectivity index (χ4n) is 1.70. The van der Waals surface area contributed by atoms with Gasteiger partial charge in [0, 0.05) is 10.0 Å². The molecule has 6 heteroatoms. The molecule has 0 aliphatic heterocycles. The predicted octanol–water partition coefficient (Wildman–Crippen LogP) is 3.89. The van der Waals surface area contributed by atoms with E-state index < -0.39 is 0 Å². The number of hydrogen-bond acceptors (Lipinski definition) is 3. The van der Waals surface area contributed by atoms with Crippen molar-refractivity contribution in [3.8, 4) is 0 Å². The Morgan fingerprint density at radius 3 is 2.79 bits per heavy atom. The average Bonchev–Trinajstić information content (AvgIpc) is 2.65. The van der Waals surface area contributed by atoms with Gasteiger partial charge in [0.1, 0.15) is 5.76 Å². The zero-order valence-corrected chi connectivity index (χ0v) is 12.8. The molecule has 0 saturated heterocycles. The number of anilines is 1. The molecule has 0 fully saturated rings. The standard InChI is InChI=1S/C13H12BrClN2O2/c1-7-10(8(2)19-17-7)6-13(18)16-12-4-3-9(14)5-11(12)15/h3-5H,6H2,1-2H3,(H,16,18). The quantitative estimate of drug-likeness (QED) is 0.920. The summed E-state index contributed by atoms with van der Waals surface area (Å²) in [5.74, 6) is 0.508. The number of carbonyl (C=O) groups excluding carboxylic acids is 1. The lowest BCUT2D eigenvalue weighted by Crippen LogP contribution is -2.15. The van der Waals surface area contributed by atoms with Crippen molar-refractivity contribution in [3.63, 3.8) is 0 Å². The van der Waals surface area contributed by atoms with Crippen molar-refractivity contribution in [2.24, 2.45) is 0 Å². The number of aromatic nitrogens is 1. The third-order valence-corrected chi connectivity index (χ3v) is 3.53. The first kappa shape index (κ1) is 14.1. The molecule has 1 heterocycles. The van der Waals surface area contributed by atoms with E-state index in [0.29, 0.717) is 16.5 Å². The predicted molar refractivity (Wildman–Crippen MR) is 77.5 cm³/mol. The Morgan fingerprint density at radius 1 is 1.47 bits per heavy atom. The Hall–Kier alpha value is -1.33. The van der Waals surface area contributed by atoms with Crippen molar-refractivity contribution in [3.05, 3.63) is 44.7 Å². The van der Waals surface area contributed by atoms with E-state index in [4.69, 9.17) is 16.1 Å². The number of halogens is 2. The van der Waals surface area contributed by atoms with E-state index in [1.807, 2.05) is 13.0 Å². The Morgan fingerprint density at radius 2 is 2.21 bits per heavy atom. The SMILES string of the molecule is Cc1noc(C)c1CC(=O)Nc1ccc(Br)cc1Cl. The van der Waals surface area contributed by atoms with Gasteiger partial charge in [0.25, 0.3) is 0 Å². The van der Waals surface area contributed by atoms with Gasteiger partial charge in [-0.2, -0.15) is 0 Å². The van der Waals surface area contributed by atoms with E-state index >= 15 is 0 Å². The highest BCUT2D eigenvalue weighted by Gasteiger charge is 2.14. The summed E-state index contributed by atoms with van der Waals surface area (Å²) in [6.45, 7) is 3.60. The van der Waals surface area contributed by atoms with Crippen LogP contribution in [0.1, 0.15) is 17.0 Å². The fourth-order valence-corrected chi connectivity index (χ4v) is 2.42. The smallest absolute Gasteiger partial charge is 0.229 e. The molecule has 1 aromatic carbocycles. The molecule has 1 amide bonds. The third kappa shape index (κ3) is 3.36. The van der Waals surface area contributed by atoms with Crippen LogP contribution in [0.25, 0.3) is 0 Å². The number of rotatable bonds is 3. The lowest BCUT2D eigenvalue weighted by molar-refractivity contribution is -0.115. The van der Waals surface area contributed by atoms with Crippen molar-refractivity contribution in [1.29, 1.82) is 0 Å². The maximum absolute atomic E-state index is 12.0. The summed E-state index contributed by atoms with van der Waals surface area (Å²) >= 11 is 9.35. The minimum absolute atomic E-state index is 0.154. The van der Waals surface area contributed by atoms with Gasteiger partial charge < -0.3 is 9.84 Å². The first-order chi connectivity index (χ1) is 8.97. The number of hydrogen-bond donors (Lipinski definition) is 1. The van der Waals surface area contributed by atoms with Crippen LogP contribution in [0.4, 0.5) is 5.69 Å². The Kier molecular flexibility index (Phi) is 4.27. The summed E-state index contributed by atoms with van der Waals surface area (Å²) < 4.78 is 5.89. The van der Waals surface area contributed by atoms with Gasteiger partial charge in [-0.1, -0.05) is 32.7 Å². The molecule has 4 nitrogen and oxygen atoms in total. The molecule has 0 radical (unpaired) electrons. The van der Waals surface area contributed by atoms with Crippen LogP contribution in [-0.4, -0.2) is 11.1 Å². The highest BCUT2D eigenvalue weighted by atomic mass is 79.9. The summed E-state index contributed by atoms with van der Waals surface area (Å²) in [6, 6.07) is 5.29. The van der Waals surface area contributed by atoms with Gasteiger partial charge in [0.2, 0.25) is 5.91 Å². The molecule has 0 spiro atoms. The van der Waals surface area contributed by atoms with E-state index in [0.717, 1.165) is 15.7 Å². The fraction of sp³-hybridized carbons (Fsp3) is 0.231. The second kappa shape index (κ2) is 5.75. The second-order valence-electron chi connectivity index (χ2n) is 4.15. The molecule has 0 bridgehead atoms. The monoisotopic (exact) mass is 342 g/mol. The number of aryl methyl sites for hydroxylation is 2. The summed E-state index contributed by atoms with van der Waals surface area (Å²) in [7, 11) is 0. The molecule has 1 aromatic heterocycles. The normalized spacial score (nSPS) is 10.5. The van der Waals surface area contributed by atoms with Crippen LogP contribution in [0.2, 0.25) is 5.02 Å². The van der Waals surface area contributed by atoms with Crippen LogP contribution in [0.5, 0.6) is 0 Å². The molecule has 0 atom stereocenters. The number of carbonyl (C=O) groups is 1. The van der Waals surface area contributed by atoms with Gasteiger partial charge in [0.15, 0.2) is 0 Å². The summed E-state index contributed by atoms with van der Waals surface area (Å²) in [5, 5.41) is 7.07. The van der Waals surface area contributed by atoms with E-state index in [1.54, 1.807) is 19.1 Å². The average molecular weight is 344 g/mol. The number of nitrogens with one attached hydrogen (secondary N) is 1. The molecule has 0 aliphatic rings. The van der Waals surface area contributed by atoms with Crippen molar-refractivity contribution in [1.82, 2.24) is 5.16 Å². The molecule has 2 rings (SSSR count). The maximum atomic E-state index is 12.0. The van der Waals surface area contributed by atoms with Gasteiger partial charge in [-0.05, 0) is 32.0 Å². The van der Waals surface area contributed by atoms with E-state index in [2.05, 4.69) is 26.4 Å². The minimum Gasteiger partial charge on any atom is -0.361 e. The molecule has 2 aromatic rings. The summed E-state index contributed by atoms with van der Waals surface area (Å²) in [6.07, 6.45) is 0.216. The molecule has 0 unspecified atom stereocenters. The topological polar surface area (TPSA) is 55.1 Å². The molecule has 100 valence electrons. The van der Waals surface area contributed by atoms with E-state index in [1.165, 1.54) is 0 Å². The van der Waals surface area contributed by atoms with Gasteiger partial charge in [-0.3, -0.25) is 4.79 Å². The molecule has 19 heavy (non-hydrogen) atoms. The zero-order chi connectivity index (χ0) is 14.0. The molecule has 1 N–H and O–H groups in total. The summed E-state index contributed by atoms with van der Waals surface area (Å²) in [4.78, 5) is 12.0. The molecule has 0 aliphatic carbocycles. The van der Waals surface area contributed by atoms with Gasteiger partial charge in [0.05, 0.1) is 22.8 Å². The van der Waals surface area contributed by atoms with Crippen LogP contribution in [-0.2, 0) is 11.2 Å². The first-order valence-corrected chi connectivity index (χ1v) is 6.81. The first-order valence-electron chi connectivity index (χ1n) is 5.64. The second-order valence-corrected chi connectivity index (χ2v) is 5.47. The lowest BCUT2D eigenvalue weighted by Gasteiger charge is -2.07. The number of amides is 1. The van der Waals surface area contributed by atoms with Crippen LogP contribution in [0, 0.1) is 13.8 Å². The van der Waals surface area contributed by atoms with Gasteiger partial charge in [-0.25, -0.2) is 0 Å². The van der Waals surface area contributed by atoms with Crippen LogP contribution in [0.15, 0.2) is 27.2 Å². The Bertz CT molecular complexity index is 606. The van der Waals surface area contributed by atoms with Crippen LogP contribution >= 0.6 is 27.5 Å². The summed E-state index contributed by atoms with van der Waals surface area (Å²) in [5.41, 5.74) is 2.13. The Labute approximate surface area is 124 Å². The molecular weight excluding hydrogens is 332 g/mol. The highest BCUT2D eigenvalue weighted by molar-refractivity contribution is 9.10. The largest absolute Gasteiger partial charge is 0.361 e. The van der Waals surface area contributed by atoms with E-state index in [9.17, 15) is 4.79 Å². The lowest BCUT2D eigenvalue weighted by atomic mass is 10.1. The third-order valence-electron chi connectivity index (χ3n) is 2.72. The van der Waals surface area contributed by atoms with Crippen molar-refractivity contribution < 1.29 is 9.32 Å². The highest BCUT2D eigenvalue weighted by Crippen LogP contribution is 2.26. The minimum atomic E-state index is -0.154. The van der Waals surface area contributed by atoms with Crippen LogP contribution < -0.4 is 5.32 Å². The molecule has 0 saturated carbocycles. The van der Waals surface area contributed by atoms with Gasteiger partial charge >= 0.3 is 0 Å². The number of nitrogens with zero attached hydrogens (tertiary/aromatic N) is 1.